The van der Waals surface area contributed by atoms with Gasteiger partial charge < -0.3 is 5.32 Å². The molecule has 1 aromatic carbocycles. The van der Waals surface area contributed by atoms with Gasteiger partial charge in [-0.25, -0.2) is 0 Å². The molecular weight excluding hydrogens is 182 g/mol. The summed E-state index contributed by atoms with van der Waals surface area (Å²) in [5.74, 6) is 0.649. The molecule has 82 valence electrons. The average molecular weight is 203 g/mol. The molecule has 15 heavy (non-hydrogen) atoms. The number of hydrogen-bond donors (Lipinski definition) is 1. The zero-order chi connectivity index (χ0) is 11.1. The molecule has 1 unspecified atom stereocenters. The minimum Gasteiger partial charge on any atom is -0.359 e. The van der Waals surface area contributed by atoms with Gasteiger partial charge in [0.15, 0.2) is 0 Å². The monoisotopic (exact) mass is 203 g/mol. The molecule has 1 N–H and O–H groups in total. The summed E-state index contributed by atoms with van der Waals surface area (Å²) in [6.07, 6.45) is 4.58. The van der Waals surface area contributed by atoms with Crippen molar-refractivity contribution in [2.24, 2.45) is 5.92 Å². The highest BCUT2D eigenvalue weighted by Gasteiger charge is 1.98. The third kappa shape index (κ3) is 4.20. The van der Waals surface area contributed by atoms with Gasteiger partial charge in [0.1, 0.15) is 0 Å². The van der Waals surface area contributed by atoms with Crippen molar-refractivity contribution in [2.45, 2.75) is 33.6 Å². The number of anilines is 1. The zero-order valence-corrected chi connectivity index (χ0v) is 9.96. The second-order valence-corrected chi connectivity index (χ2v) is 3.92. The Morgan fingerprint density at radius 1 is 1.27 bits per heavy atom. The summed E-state index contributed by atoms with van der Waals surface area (Å²) >= 11 is 0. The minimum absolute atomic E-state index is 0.649. The van der Waals surface area contributed by atoms with E-state index in [-0.39, 0.29) is 0 Å². The van der Waals surface area contributed by atoms with Crippen LogP contribution in [0.2, 0.25) is 0 Å². The maximum atomic E-state index is 3.46. The Morgan fingerprint density at radius 3 is 2.47 bits per heavy atom. The van der Waals surface area contributed by atoms with Crippen LogP contribution in [-0.4, -0.2) is 0 Å². The van der Waals surface area contributed by atoms with E-state index in [4.69, 9.17) is 0 Å². The Morgan fingerprint density at radius 2 is 1.93 bits per heavy atom. The van der Waals surface area contributed by atoms with Crippen molar-refractivity contribution in [2.75, 3.05) is 5.32 Å². The number of benzene rings is 1. The first-order chi connectivity index (χ1) is 7.26. The molecule has 0 heterocycles. The maximum Gasteiger partial charge on any atom is 0.0381 e. The fraction of sp³-hybridized carbons (Fsp3) is 0.429. The molecule has 0 aliphatic carbocycles. The summed E-state index contributed by atoms with van der Waals surface area (Å²) in [6.45, 7) is 6.66. The Balaban J connectivity index is 2.66. The van der Waals surface area contributed by atoms with Gasteiger partial charge in [0.2, 0.25) is 0 Å². The van der Waals surface area contributed by atoms with Gasteiger partial charge in [-0.2, -0.15) is 0 Å². The molecule has 0 radical (unpaired) electrons. The van der Waals surface area contributed by atoms with Crippen LogP contribution in [0.25, 0.3) is 0 Å². The third-order valence-electron chi connectivity index (χ3n) is 2.59. The summed E-state index contributed by atoms with van der Waals surface area (Å²) in [5.41, 5.74) is 2.49. The Labute approximate surface area is 93.2 Å². The van der Waals surface area contributed by atoms with E-state index in [9.17, 15) is 0 Å². The molecule has 0 amide bonds. The van der Waals surface area contributed by atoms with Crippen molar-refractivity contribution in [3.63, 3.8) is 0 Å². The molecule has 0 saturated heterocycles. The highest BCUT2D eigenvalue weighted by Crippen LogP contribution is 2.14. The van der Waals surface area contributed by atoms with Gasteiger partial charge in [-0.1, -0.05) is 51.5 Å². The first-order valence-electron chi connectivity index (χ1n) is 5.79. The molecule has 0 saturated carbocycles. The zero-order valence-electron chi connectivity index (χ0n) is 9.96. The Hall–Kier alpha value is -1.24. The third-order valence-corrected chi connectivity index (χ3v) is 2.59. The summed E-state index contributed by atoms with van der Waals surface area (Å²) in [4.78, 5) is 0. The summed E-state index contributed by atoms with van der Waals surface area (Å²) in [5, 5.41) is 3.46. The number of allylic oxidation sites excluding steroid dienone is 2. The molecule has 1 heteroatoms. The van der Waals surface area contributed by atoms with Crippen molar-refractivity contribution in [3.05, 3.63) is 42.1 Å². The quantitative estimate of drug-likeness (QED) is 0.746. The number of para-hydroxylation sites is 1. The molecule has 0 aliphatic heterocycles. The lowest BCUT2D eigenvalue weighted by molar-refractivity contribution is 0.690. The van der Waals surface area contributed by atoms with Crippen LogP contribution in [-0.2, 0) is 0 Å². The van der Waals surface area contributed by atoms with Crippen molar-refractivity contribution in [3.8, 4) is 0 Å². The minimum atomic E-state index is 0.649. The van der Waals surface area contributed by atoms with Gasteiger partial charge in [-0.15, -0.1) is 0 Å². The molecule has 1 rings (SSSR count). The largest absolute Gasteiger partial charge is 0.359 e. The second-order valence-electron chi connectivity index (χ2n) is 3.92. The molecule has 0 bridgehead atoms. The van der Waals surface area contributed by atoms with Crippen LogP contribution < -0.4 is 5.32 Å². The summed E-state index contributed by atoms with van der Waals surface area (Å²) in [7, 11) is 0. The predicted octanol–water partition coefficient (Wildman–Crippen LogP) is 4.44. The van der Waals surface area contributed by atoms with E-state index < -0.39 is 0 Å². The van der Waals surface area contributed by atoms with E-state index in [2.05, 4.69) is 56.4 Å². The van der Waals surface area contributed by atoms with E-state index in [1.807, 2.05) is 6.07 Å². The molecule has 0 spiro atoms. The molecule has 0 fully saturated rings. The van der Waals surface area contributed by atoms with Crippen LogP contribution in [0.3, 0.4) is 0 Å². The lowest BCUT2D eigenvalue weighted by atomic mass is 10.1. The number of hydrogen-bond acceptors (Lipinski definition) is 1. The van der Waals surface area contributed by atoms with Crippen LogP contribution >= 0.6 is 0 Å². The number of nitrogens with one attached hydrogen (secondary N) is 1. The first-order valence-corrected chi connectivity index (χ1v) is 5.79. The Kier molecular flexibility index (Phi) is 4.96. The molecule has 1 atom stereocenters. The molecule has 1 nitrogen and oxygen atoms in total. The van der Waals surface area contributed by atoms with Crippen LogP contribution in [0.15, 0.2) is 42.1 Å². The predicted molar refractivity (Wildman–Crippen MR) is 67.9 cm³/mol. The lowest BCUT2D eigenvalue weighted by Crippen LogP contribution is -2.00. The maximum absolute atomic E-state index is 3.46. The van der Waals surface area contributed by atoms with E-state index in [0.29, 0.717) is 5.92 Å². The van der Waals surface area contributed by atoms with E-state index >= 15 is 0 Å². The van der Waals surface area contributed by atoms with E-state index in [1.165, 1.54) is 17.8 Å². The fourth-order valence-corrected chi connectivity index (χ4v) is 1.42. The van der Waals surface area contributed by atoms with Gasteiger partial charge in [0.25, 0.3) is 0 Å². The van der Waals surface area contributed by atoms with Crippen LogP contribution in [0.4, 0.5) is 5.69 Å². The topological polar surface area (TPSA) is 12.0 Å². The van der Waals surface area contributed by atoms with Crippen molar-refractivity contribution in [1.82, 2.24) is 0 Å². The standard InChI is InChI=1S/C14H21N/c1-4-12(3)11-13(5-2)15-14-9-7-6-8-10-14/h6-12,15H,4-5H2,1-3H3/b13-11+. The highest BCUT2D eigenvalue weighted by atomic mass is 14.9. The average Bonchev–Trinajstić information content (AvgIpc) is 2.29. The molecular formula is C14H21N. The van der Waals surface area contributed by atoms with Crippen molar-refractivity contribution in [1.29, 1.82) is 0 Å². The summed E-state index contributed by atoms with van der Waals surface area (Å²) < 4.78 is 0. The van der Waals surface area contributed by atoms with Crippen molar-refractivity contribution >= 4 is 5.69 Å². The van der Waals surface area contributed by atoms with Crippen LogP contribution in [0, 0.1) is 5.92 Å². The normalized spacial score (nSPS) is 13.7. The first kappa shape index (κ1) is 11.8. The number of rotatable bonds is 5. The highest BCUT2D eigenvalue weighted by molar-refractivity contribution is 5.47. The Bertz CT molecular complexity index is 300. The van der Waals surface area contributed by atoms with Gasteiger partial charge >= 0.3 is 0 Å². The molecule has 0 aliphatic rings. The lowest BCUT2D eigenvalue weighted by Gasteiger charge is -2.11. The van der Waals surface area contributed by atoms with E-state index in [0.717, 1.165) is 6.42 Å². The van der Waals surface area contributed by atoms with Gasteiger partial charge in [-0.05, 0) is 24.5 Å². The van der Waals surface area contributed by atoms with Gasteiger partial charge in [0.05, 0.1) is 0 Å². The van der Waals surface area contributed by atoms with Crippen molar-refractivity contribution < 1.29 is 0 Å². The molecule has 1 aromatic rings. The van der Waals surface area contributed by atoms with Gasteiger partial charge in [-0.3, -0.25) is 0 Å². The molecule has 0 aromatic heterocycles. The SMILES string of the molecule is CC/C(=C\C(C)CC)Nc1ccccc1. The second kappa shape index (κ2) is 6.28. The van der Waals surface area contributed by atoms with Crippen LogP contribution in [0.5, 0.6) is 0 Å². The fourth-order valence-electron chi connectivity index (χ4n) is 1.42. The van der Waals surface area contributed by atoms with Gasteiger partial charge in [0, 0.05) is 11.4 Å². The van der Waals surface area contributed by atoms with Crippen LogP contribution in [0.1, 0.15) is 33.6 Å². The smallest absolute Gasteiger partial charge is 0.0381 e. The summed E-state index contributed by atoms with van der Waals surface area (Å²) in [6, 6.07) is 10.3. The van der Waals surface area contributed by atoms with E-state index in [1.54, 1.807) is 0 Å².